The molecule has 4 heterocycles. The minimum absolute atomic E-state index is 0.00154. The Morgan fingerprint density at radius 2 is 1.95 bits per heavy atom. The lowest BCUT2D eigenvalue weighted by molar-refractivity contribution is 0.0786. The summed E-state index contributed by atoms with van der Waals surface area (Å²) in [5, 5.41) is 12.7. The molecule has 210 valence electrons. The van der Waals surface area contributed by atoms with Gasteiger partial charge in [0.05, 0.1) is 16.0 Å². The van der Waals surface area contributed by atoms with Crippen LogP contribution in [0.25, 0.3) is 11.0 Å². The number of aliphatic hydroxyl groups excluding tert-OH is 1. The van der Waals surface area contributed by atoms with Crippen LogP contribution in [0.5, 0.6) is 0 Å². The molecule has 0 bridgehead atoms. The molecule has 0 atom stereocenters. The third-order valence-corrected chi connectivity index (χ3v) is 7.58. The van der Waals surface area contributed by atoms with Crippen molar-refractivity contribution in [3.8, 4) is 0 Å². The van der Waals surface area contributed by atoms with Gasteiger partial charge in [-0.1, -0.05) is 18.5 Å². The number of fused-ring (bicyclic) bond motifs is 1. The van der Waals surface area contributed by atoms with E-state index >= 15 is 4.39 Å². The van der Waals surface area contributed by atoms with E-state index in [0.717, 1.165) is 43.9 Å². The van der Waals surface area contributed by atoms with E-state index in [1.807, 2.05) is 17.0 Å². The monoisotopic (exact) mass is 566 g/mol. The number of hydrogen-bond acceptors (Lipinski definition) is 8. The summed E-state index contributed by atoms with van der Waals surface area (Å²) in [5.74, 6) is 0.380. The lowest BCUT2D eigenvalue weighted by Gasteiger charge is -2.32. The third-order valence-electron chi connectivity index (χ3n) is 7.26. The summed E-state index contributed by atoms with van der Waals surface area (Å²) >= 11 is 6.43. The Morgan fingerprint density at radius 3 is 2.62 bits per heavy atom. The molecule has 1 saturated heterocycles. The van der Waals surface area contributed by atoms with Crippen LogP contribution >= 0.6 is 11.6 Å². The summed E-state index contributed by atoms with van der Waals surface area (Å²) in [6.45, 7) is 4.00. The smallest absolute Gasteiger partial charge is 0.255 e. The highest BCUT2D eigenvalue weighted by Crippen LogP contribution is 2.33. The summed E-state index contributed by atoms with van der Waals surface area (Å²) in [7, 11) is 1.66. The van der Waals surface area contributed by atoms with Crippen molar-refractivity contribution in [3.05, 3.63) is 65.1 Å². The van der Waals surface area contributed by atoms with E-state index in [0.29, 0.717) is 41.1 Å². The number of halogens is 2. The zero-order valence-electron chi connectivity index (χ0n) is 22.5. The molecular formula is C28H32ClFN8O2. The van der Waals surface area contributed by atoms with Gasteiger partial charge in [0.2, 0.25) is 5.95 Å². The molecule has 1 aliphatic rings. The SMILES string of the molecule is CCc1cnc(N2CCC(n3cc(F)c4c(Nc5ccc(C(=O)N(C)CCCO)c(Cl)c5)ncnc43)CC2)nc1. The fourth-order valence-corrected chi connectivity index (χ4v) is 5.23. The molecule has 10 nitrogen and oxygen atoms in total. The van der Waals surface area contributed by atoms with Crippen molar-refractivity contribution < 1.29 is 14.3 Å². The number of anilines is 3. The minimum Gasteiger partial charge on any atom is -0.396 e. The van der Waals surface area contributed by atoms with Crippen molar-refractivity contribution in [2.75, 3.05) is 43.5 Å². The number of aliphatic hydroxyl groups is 1. The second-order valence-corrected chi connectivity index (χ2v) is 10.3. The van der Waals surface area contributed by atoms with Crippen LogP contribution in [0.2, 0.25) is 5.02 Å². The molecule has 0 radical (unpaired) electrons. The molecular weight excluding hydrogens is 535 g/mol. The Bertz CT molecular complexity index is 1490. The van der Waals surface area contributed by atoms with Gasteiger partial charge in [0.15, 0.2) is 5.82 Å². The normalized spacial score (nSPS) is 14.1. The molecule has 40 heavy (non-hydrogen) atoms. The number of benzene rings is 1. The maximum atomic E-state index is 15.3. The topological polar surface area (TPSA) is 112 Å². The number of aromatic nitrogens is 5. The summed E-state index contributed by atoms with van der Waals surface area (Å²) in [4.78, 5) is 34.1. The predicted octanol–water partition coefficient (Wildman–Crippen LogP) is 4.62. The highest BCUT2D eigenvalue weighted by molar-refractivity contribution is 6.34. The Morgan fingerprint density at radius 1 is 1.20 bits per heavy atom. The van der Waals surface area contributed by atoms with Crippen molar-refractivity contribution in [1.29, 1.82) is 0 Å². The molecule has 0 spiro atoms. The van der Waals surface area contributed by atoms with Crippen LogP contribution < -0.4 is 10.2 Å². The number of nitrogens with one attached hydrogen (secondary N) is 1. The van der Waals surface area contributed by atoms with E-state index in [9.17, 15) is 4.79 Å². The van der Waals surface area contributed by atoms with Crippen LogP contribution in [0.4, 0.5) is 21.8 Å². The molecule has 3 aromatic heterocycles. The highest BCUT2D eigenvalue weighted by Gasteiger charge is 2.26. The van der Waals surface area contributed by atoms with Crippen LogP contribution in [0.1, 0.15) is 48.1 Å². The first-order valence-electron chi connectivity index (χ1n) is 13.4. The number of nitrogens with zero attached hydrogens (tertiary/aromatic N) is 7. The largest absolute Gasteiger partial charge is 0.396 e. The predicted molar refractivity (Wildman–Crippen MR) is 153 cm³/mol. The number of aryl methyl sites for hydroxylation is 1. The van der Waals surface area contributed by atoms with Crippen molar-refractivity contribution in [2.45, 2.75) is 38.6 Å². The number of piperidine rings is 1. The fraction of sp³-hybridized carbons (Fsp3) is 0.393. The van der Waals surface area contributed by atoms with Crippen LogP contribution in [-0.2, 0) is 6.42 Å². The second kappa shape index (κ2) is 12.1. The lowest BCUT2D eigenvalue weighted by atomic mass is 10.1. The number of carbonyl (C=O) groups is 1. The third kappa shape index (κ3) is 5.71. The summed E-state index contributed by atoms with van der Waals surface area (Å²) in [5.41, 5.74) is 2.52. The lowest BCUT2D eigenvalue weighted by Crippen LogP contribution is -2.35. The van der Waals surface area contributed by atoms with Gasteiger partial charge in [0.1, 0.15) is 17.8 Å². The average molecular weight is 567 g/mol. The van der Waals surface area contributed by atoms with E-state index in [1.54, 1.807) is 25.2 Å². The van der Waals surface area contributed by atoms with Gasteiger partial charge in [-0.05, 0) is 49.4 Å². The van der Waals surface area contributed by atoms with Gasteiger partial charge in [-0.25, -0.2) is 24.3 Å². The molecule has 2 N–H and O–H groups in total. The molecule has 1 amide bonds. The Hall–Kier alpha value is -3.83. The molecule has 5 rings (SSSR count). The van der Waals surface area contributed by atoms with E-state index in [2.05, 4.69) is 37.1 Å². The van der Waals surface area contributed by atoms with Crippen molar-refractivity contribution in [3.63, 3.8) is 0 Å². The van der Waals surface area contributed by atoms with Gasteiger partial charge >= 0.3 is 0 Å². The first kappa shape index (κ1) is 27.7. The Labute approximate surface area is 236 Å². The average Bonchev–Trinajstić information content (AvgIpc) is 3.33. The quantitative estimate of drug-likeness (QED) is 0.302. The zero-order valence-corrected chi connectivity index (χ0v) is 23.3. The van der Waals surface area contributed by atoms with Crippen LogP contribution in [0.15, 0.2) is 43.1 Å². The standard InChI is InChI=1S/C28H32ClFN8O2/c1-3-18-14-31-28(32-15-18)37-10-7-20(8-11-37)38-16-23(30)24-25(33-17-34-26(24)38)35-19-5-6-21(22(29)13-19)27(40)36(2)9-4-12-39/h5-6,13-17,20,39H,3-4,7-12H2,1-2H3,(H,33,34,35). The highest BCUT2D eigenvalue weighted by atomic mass is 35.5. The Kier molecular flexibility index (Phi) is 8.41. The summed E-state index contributed by atoms with van der Waals surface area (Å²) in [6.07, 6.45) is 9.61. The van der Waals surface area contributed by atoms with Gasteiger partial charge < -0.3 is 24.8 Å². The fourth-order valence-electron chi connectivity index (χ4n) is 4.97. The van der Waals surface area contributed by atoms with Crippen LogP contribution in [0.3, 0.4) is 0 Å². The van der Waals surface area contributed by atoms with E-state index < -0.39 is 5.82 Å². The first-order chi connectivity index (χ1) is 19.4. The van der Waals surface area contributed by atoms with Crippen LogP contribution in [-0.4, -0.2) is 73.7 Å². The van der Waals surface area contributed by atoms with Gasteiger partial charge in [0.25, 0.3) is 5.91 Å². The van der Waals surface area contributed by atoms with Crippen LogP contribution in [0, 0.1) is 5.82 Å². The first-order valence-corrected chi connectivity index (χ1v) is 13.8. The van der Waals surface area contributed by atoms with Gasteiger partial charge in [-0.15, -0.1) is 0 Å². The molecule has 4 aromatic rings. The molecule has 1 fully saturated rings. The van der Waals surface area contributed by atoms with Crippen molar-refractivity contribution in [1.82, 2.24) is 29.4 Å². The van der Waals surface area contributed by atoms with Crippen molar-refractivity contribution in [2.24, 2.45) is 0 Å². The molecule has 1 aromatic carbocycles. The molecule has 0 aliphatic carbocycles. The maximum Gasteiger partial charge on any atom is 0.255 e. The van der Waals surface area contributed by atoms with Gasteiger partial charge in [-0.2, -0.15) is 0 Å². The minimum atomic E-state index is -0.414. The Balaban J connectivity index is 1.32. The number of carbonyl (C=O) groups excluding carboxylic acids is 1. The summed E-state index contributed by atoms with van der Waals surface area (Å²) in [6, 6.07) is 5.01. The van der Waals surface area contributed by atoms with E-state index in [1.165, 1.54) is 17.4 Å². The molecule has 1 aliphatic heterocycles. The number of amides is 1. The molecule has 12 heteroatoms. The van der Waals surface area contributed by atoms with Gasteiger partial charge in [0, 0.05) is 63.6 Å². The van der Waals surface area contributed by atoms with Crippen molar-refractivity contribution >= 4 is 46.0 Å². The van der Waals surface area contributed by atoms with Gasteiger partial charge in [-0.3, -0.25) is 4.79 Å². The van der Waals surface area contributed by atoms with E-state index in [-0.39, 0.29) is 23.6 Å². The molecule has 0 unspecified atom stereocenters. The zero-order chi connectivity index (χ0) is 28.2. The number of rotatable bonds is 9. The maximum absolute atomic E-state index is 15.3. The second-order valence-electron chi connectivity index (χ2n) is 9.89. The summed E-state index contributed by atoms with van der Waals surface area (Å²) < 4.78 is 17.2. The number of hydrogen-bond donors (Lipinski definition) is 2. The molecule has 0 saturated carbocycles. The van der Waals surface area contributed by atoms with E-state index in [4.69, 9.17) is 16.7 Å².